The summed E-state index contributed by atoms with van der Waals surface area (Å²) in [4.78, 5) is 42.5. The van der Waals surface area contributed by atoms with E-state index in [1.54, 1.807) is 49.9 Å². The first kappa shape index (κ1) is 29.0. The molecule has 0 radical (unpaired) electrons. The van der Waals surface area contributed by atoms with Gasteiger partial charge in [0.25, 0.3) is 0 Å². The van der Waals surface area contributed by atoms with Crippen LogP contribution in [0.3, 0.4) is 0 Å². The van der Waals surface area contributed by atoms with E-state index in [2.05, 4.69) is 10.6 Å². The normalized spacial score (nSPS) is 15.2. The lowest BCUT2D eigenvalue weighted by molar-refractivity contribution is -0.147. The molecule has 8 nitrogen and oxygen atoms in total. The Morgan fingerprint density at radius 3 is 2.24 bits per heavy atom. The maximum absolute atomic E-state index is 14.4. The van der Waals surface area contributed by atoms with Gasteiger partial charge in [0.15, 0.2) is 0 Å². The van der Waals surface area contributed by atoms with Crippen LogP contribution in [-0.4, -0.2) is 51.6 Å². The molecule has 2 unspecified atom stereocenters. The standard InChI is InChI=1S/C30H41N3O5/c1-19(2)31-27(35)26(22-10-7-9-20(3)17-22)33(23-11-8-12-23)28(36)25(32-29(37)38-30(4,5)6)18-21-13-15-24(34)16-14-21/h7,9-10,13-17,19,23,25-26,34H,8,11-12,18H2,1-6H3,(H,31,35)(H,32,37). The summed E-state index contributed by atoms with van der Waals surface area (Å²) >= 11 is 0. The number of hydrogen-bond acceptors (Lipinski definition) is 5. The minimum absolute atomic E-state index is 0.109. The van der Waals surface area contributed by atoms with Crippen LogP contribution in [0.25, 0.3) is 0 Å². The van der Waals surface area contributed by atoms with Crippen molar-refractivity contribution in [2.75, 3.05) is 0 Å². The Morgan fingerprint density at radius 1 is 1.05 bits per heavy atom. The first-order chi connectivity index (χ1) is 17.8. The van der Waals surface area contributed by atoms with Gasteiger partial charge in [0.2, 0.25) is 11.8 Å². The quantitative estimate of drug-likeness (QED) is 0.438. The Bertz CT molecular complexity index is 1120. The molecule has 8 heteroatoms. The highest BCUT2D eigenvalue weighted by molar-refractivity contribution is 5.92. The Kier molecular flexibility index (Phi) is 9.41. The Hall–Kier alpha value is -3.55. The first-order valence-corrected chi connectivity index (χ1v) is 13.3. The lowest BCUT2D eigenvalue weighted by Crippen LogP contribution is -2.58. The van der Waals surface area contributed by atoms with Gasteiger partial charge in [-0.3, -0.25) is 9.59 Å². The van der Waals surface area contributed by atoms with Gasteiger partial charge in [-0.1, -0.05) is 42.0 Å². The van der Waals surface area contributed by atoms with Gasteiger partial charge in [-0.05, 0) is 84.1 Å². The van der Waals surface area contributed by atoms with E-state index in [9.17, 15) is 19.5 Å². The molecule has 0 heterocycles. The predicted molar refractivity (Wildman–Crippen MR) is 147 cm³/mol. The highest BCUT2D eigenvalue weighted by Crippen LogP contribution is 2.34. The van der Waals surface area contributed by atoms with Crippen molar-refractivity contribution in [3.05, 3.63) is 65.2 Å². The molecule has 1 aliphatic carbocycles. The Balaban J connectivity index is 2.03. The van der Waals surface area contributed by atoms with Crippen molar-refractivity contribution in [3.63, 3.8) is 0 Å². The van der Waals surface area contributed by atoms with Gasteiger partial charge in [0.05, 0.1) is 0 Å². The number of aromatic hydroxyl groups is 1. The van der Waals surface area contributed by atoms with Crippen LogP contribution in [0.2, 0.25) is 0 Å². The van der Waals surface area contributed by atoms with E-state index in [-0.39, 0.29) is 36.1 Å². The largest absolute Gasteiger partial charge is 0.508 e. The van der Waals surface area contributed by atoms with Crippen molar-refractivity contribution < 1.29 is 24.2 Å². The number of carbonyl (C=O) groups is 3. The molecule has 2 aromatic rings. The molecule has 0 bridgehead atoms. The average Bonchev–Trinajstić information content (AvgIpc) is 2.76. The van der Waals surface area contributed by atoms with Gasteiger partial charge in [-0.25, -0.2) is 4.79 Å². The van der Waals surface area contributed by atoms with E-state index >= 15 is 0 Å². The predicted octanol–water partition coefficient (Wildman–Crippen LogP) is 4.78. The van der Waals surface area contributed by atoms with Crippen LogP contribution in [0.5, 0.6) is 5.75 Å². The highest BCUT2D eigenvalue weighted by atomic mass is 16.6. The van der Waals surface area contributed by atoms with Crippen molar-refractivity contribution in [3.8, 4) is 5.75 Å². The number of amides is 3. The molecule has 1 aliphatic rings. The van der Waals surface area contributed by atoms with Crippen molar-refractivity contribution in [2.45, 2.75) is 97.0 Å². The summed E-state index contributed by atoms with van der Waals surface area (Å²) in [6.45, 7) is 11.0. The molecule has 0 aliphatic heterocycles. The van der Waals surface area contributed by atoms with Gasteiger partial charge in [-0.15, -0.1) is 0 Å². The maximum atomic E-state index is 14.4. The second-order valence-electron chi connectivity index (χ2n) is 11.4. The summed E-state index contributed by atoms with van der Waals surface area (Å²) in [6.07, 6.45) is 1.99. The number of ether oxygens (including phenoxy) is 1. The number of benzene rings is 2. The summed E-state index contributed by atoms with van der Waals surface area (Å²) in [7, 11) is 0. The summed E-state index contributed by atoms with van der Waals surface area (Å²) in [5.41, 5.74) is 1.72. The fraction of sp³-hybridized carbons (Fsp3) is 0.500. The fourth-order valence-corrected chi connectivity index (χ4v) is 4.52. The van der Waals surface area contributed by atoms with E-state index in [0.29, 0.717) is 0 Å². The molecule has 1 saturated carbocycles. The maximum Gasteiger partial charge on any atom is 0.408 e. The zero-order valence-electron chi connectivity index (χ0n) is 23.3. The Labute approximate surface area is 225 Å². The molecular weight excluding hydrogens is 482 g/mol. The molecule has 0 saturated heterocycles. The smallest absolute Gasteiger partial charge is 0.408 e. The number of carbonyl (C=O) groups excluding carboxylic acids is 3. The first-order valence-electron chi connectivity index (χ1n) is 13.3. The molecule has 38 heavy (non-hydrogen) atoms. The van der Waals surface area contributed by atoms with Crippen LogP contribution in [-0.2, 0) is 20.7 Å². The molecule has 3 rings (SSSR count). The number of nitrogens with zero attached hydrogens (tertiary/aromatic N) is 1. The van der Waals surface area contributed by atoms with Gasteiger partial charge in [-0.2, -0.15) is 0 Å². The van der Waals surface area contributed by atoms with Crippen LogP contribution < -0.4 is 10.6 Å². The third-order valence-corrected chi connectivity index (χ3v) is 6.40. The van der Waals surface area contributed by atoms with Gasteiger partial charge in [0, 0.05) is 18.5 Å². The molecule has 3 amide bonds. The highest BCUT2D eigenvalue weighted by Gasteiger charge is 2.42. The van der Waals surface area contributed by atoms with Crippen molar-refractivity contribution in [1.82, 2.24) is 15.5 Å². The minimum atomic E-state index is -0.978. The number of aryl methyl sites for hydroxylation is 1. The second-order valence-corrected chi connectivity index (χ2v) is 11.4. The lowest BCUT2D eigenvalue weighted by atomic mass is 9.87. The molecule has 2 aromatic carbocycles. The minimum Gasteiger partial charge on any atom is -0.508 e. The SMILES string of the molecule is Cc1cccc(C(C(=O)NC(C)C)N(C(=O)C(Cc2ccc(O)cc2)NC(=O)OC(C)(C)C)C2CCC2)c1. The van der Waals surface area contributed by atoms with Gasteiger partial charge in [0.1, 0.15) is 23.4 Å². The number of phenols is 1. The van der Waals surface area contributed by atoms with Crippen LogP contribution >= 0.6 is 0 Å². The van der Waals surface area contributed by atoms with Crippen LogP contribution in [0, 0.1) is 6.92 Å². The van der Waals surface area contributed by atoms with E-state index in [0.717, 1.165) is 36.0 Å². The zero-order valence-corrected chi connectivity index (χ0v) is 23.3. The molecule has 3 N–H and O–H groups in total. The summed E-state index contributed by atoms with van der Waals surface area (Å²) in [5.74, 6) is -0.497. The molecule has 206 valence electrons. The second kappa shape index (κ2) is 12.3. The third-order valence-electron chi connectivity index (χ3n) is 6.40. The molecule has 2 atom stereocenters. The van der Waals surface area contributed by atoms with Gasteiger partial charge >= 0.3 is 6.09 Å². The Morgan fingerprint density at radius 2 is 1.71 bits per heavy atom. The summed E-state index contributed by atoms with van der Waals surface area (Å²) in [6, 6.07) is 12.1. The number of rotatable bonds is 9. The molecular formula is C30H41N3O5. The monoisotopic (exact) mass is 523 g/mol. The molecule has 0 aromatic heterocycles. The number of phenolic OH excluding ortho intramolecular Hbond substituents is 1. The number of alkyl carbamates (subject to hydrolysis) is 1. The van der Waals surface area contributed by atoms with Gasteiger partial charge < -0.3 is 25.4 Å². The number of hydrogen-bond donors (Lipinski definition) is 3. The summed E-state index contributed by atoms with van der Waals surface area (Å²) in [5, 5.41) is 15.5. The third kappa shape index (κ3) is 7.97. The fourth-order valence-electron chi connectivity index (χ4n) is 4.52. The lowest BCUT2D eigenvalue weighted by Gasteiger charge is -2.44. The molecule has 1 fully saturated rings. The number of nitrogens with one attached hydrogen (secondary N) is 2. The van der Waals surface area contributed by atoms with E-state index < -0.39 is 23.8 Å². The van der Waals surface area contributed by atoms with E-state index in [1.165, 1.54) is 0 Å². The summed E-state index contributed by atoms with van der Waals surface area (Å²) < 4.78 is 5.48. The molecule has 0 spiro atoms. The van der Waals surface area contributed by atoms with Crippen LogP contribution in [0.4, 0.5) is 4.79 Å². The van der Waals surface area contributed by atoms with Crippen LogP contribution in [0.15, 0.2) is 48.5 Å². The van der Waals surface area contributed by atoms with E-state index in [4.69, 9.17) is 4.74 Å². The van der Waals surface area contributed by atoms with Crippen molar-refractivity contribution in [2.24, 2.45) is 0 Å². The van der Waals surface area contributed by atoms with Crippen molar-refractivity contribution in [1.29, 1.82) is 0 Å². The average molecular weight is 524 g/mol. The zero-order chi connectivity index (χ0) is 28.0. The topological polar surface area (TPSA) is 108 Å². The van der Waals surface area contributed by atoms with Crippen molar-refractivity contribution >= 4 is 17.9 Å². The van der Waals surface area contributed by atoms with E-state index in [1.807, 2.05) is 45.0 Å². The van der Waals surface area contributed by atoms with Crippen LogP contribution in [0.1, 0.15) is 76.6 Å².